The smallest absolute Gasteiger partial charge is 0.269 e. The minimum absolute atomic E-state index is 0.0831. The van der Waals surface area contributed by atoms with Crippen molar-refractivity contribution in [1.29, 1.82) is 0 Å². The summed E-state index contributed by atoms with van der Waals surface area (Å²) in [6.07, 6.45) is 2.71. The maximum atomic E-state index is 10.8. The number of thiazole rings is 1. The maximum absolute atomic E-state index is 10.8. The summed E-state index contributed by atoms with van der Waals surface area (Å²) in [6, 6.07) is 6.53. The van der Waals surface area contributed by atoms with Crippen LogP contribution < -0.4 is 10.6 Å². The zero-order valence-electron chi connectivity index (χ0n) is 13.8. The topological polar surface area (TPSA) is 92.5 Å². The molecule has 0 fully saturated rings. The first-order valence-electron chi connectivity index (χ1n) is 7.75. The zero-order valence-corrected chi connectivity index (χ0v) is 14.6. The largest absolute Gasteiger partial charge is 0.357 e. The van der Waals surface area contributed by atoms with Crippen LogP contribution in [0.3, 0.4) is 0 Å². The highest BCUT2D eigenvalue weighted by Gasteiger charge is 2.06. The lowest BCUT2D eigenvalue weighted by atomic mass is 10.2. The van der Waals surface area contributed by atoms with E-state index in [2.05, 4.69) is 20.6 Å². The Kier molecular flexibility index (Phi) is 6.68. The summed E-state index contributed by atoms with van der Waals surface area (Å²) >= 11 is 1.69. The van der Waals surface area contributed by atoms with Gasteiger partial charge in [-0.25, -0.2) is 9.98 Å². The minimum atomic E-state index is -0.396. The molecule has 0 saturated carbocycles. The van der Waals surface area contributed by atoms with E-state index in [1.165, 1.54) is 10.9 Å². The van der Waals surface area contributed by atoms with Crippen LogP contribution in [-0.2, 0) is 13.0 Å². The van der Waals surface area contributed by atoms with Crippen LogP contribution >= 0.6 is 11.3 Å². The number of hydrogen-bond acceptors (Lipinski definition) is 5. The van der Waals surface area contributed by atoms with E-state index in [1.54, 1.807) is 23.5 Å². The average Bonchev–Trinajstić information content (AvgIpc) is 2.98. The van der Waals surface area contributed by atoms with E-state index in [4.69, 9.17) is 0 Å². The Hall–Kier alpha value is -2.48. The Bertz CT molecular complexity index is 714. The highest BCUT2D eigenvalue weighted by molar-refractivity contribution is 7.11. The fourth-order valence-electron chi connectivity index (χ4n) is 2.09. The number of nitrogens with one attached hydrogen (secondary N) is 2. The van der Waals surface area contributed by atoms with Crippen molar-refractivity contribution in [3.8, 4) is 0 Å². The number of nitro groups is 1. The molecule has 0 amide bonds. The normalized spacial score (nSPS) is 11.3. The maximum Gasteiger partial charge on any atom is 0.269 e. The predicted molar refractivity (Wildman–Crippen MR) is 96.5 cm³/mol. The molecule has 2 aromatic rings. The number of aryl methyl sites for hydroxylation is 1. The molecule has 1 heterocycles. The van der Waals surface area contributed by atoms with E-state index in [1.807, 2.05) is 26.1 Å². The summed E-state index contributed by atoms with van der Waals surface area (Å²) in [6.45, 7) is 5.89. The van der Waals surface area contributed by atoms with Crippen molar-refractivity contribution in [1.82, 2.24) is 15.6 Å². The van der Waals surface area contributed by atoms with Crippen molar-refractivity contribution in [2.45, 2.75) is 26.8 Å². The lowest BCUT2D eigenvalue weighted by Gasteiger charge is -2.10. The first-order valence-corrected chi connectivity index (χ1v) is 8.57. The van der Waals surface area contributed by atoms with Crippen molar-refractivity contribution in [2.75, 3.05) is 13.1 Å². The highest BCUT2D eigenvalue weighted by atomic mass is 32.1. The molecule has 8 heteroatoms. The third-order valence-electron chi connectivity index (χ3n) is 3.19. The van der Waals surface area contributed by atoms with Crippen LogP contribution in [0, 0.1) is 17.0 Å². The molecule has 0 bridgehead atoms. The first-order chi connectivity index (χ1) is 11.6. The molecule has 0 atom stereocenters. The van der Waals surface area contributed by atoms with Gasteiger partial charge >= 0.3 is 0 Å². The van der Waals surface area contributed by atoms with E-state index < -0.39 is 4.92 Å². The molecule has 1 aromatic carbocycles. The molecule has 0 aliphatic carbocycles. The second-order valence-corrected chi connectivity index (χ2v) is 6.48. The second kappa shape index (κ2) is 8.97. The number of aliphatic imine (C=N–C) groups is 1. The van der Waals surface area contributed by atoms with Gasteiger partial charge in [0.1, 0.15) is 0 Å². The number of nitro benzene ring substituents is 1. The lowest BCUT2D eigenvalue weighted by molar-refractivity contribution is -0.384. The van der Waals surface area contributed by atoms with Crippen LogP contribution in [0.2, 0.25) is 0 Å². The van der Waals surface area contributed by atoms with Crippen LogP contribution in [0.4, 0.5) is 5.69 Å². The van der Waals surface area contributed by atoms with Gasteiger partial charge in [0.25, 0.3) is 5.69 Å². The molecule has 1 aromatic heterocycles. The summed E-state index contributed by atoms with van der Waals surface area (Å²) in [4.78, 5) is 20.4. The molecule has 0 aliphatic heterocycles. The van der Waals surface area contributed by atoms with Crippen molar-refractivity contribution < 1.29 is 4.92 Å². The van der Waals surface area contributed by atoms with E-state index in [9.17, 15) is 10.1 Å². The summed E-state index contributed by atoms with van der Waals surface area (Å²) in [5, 5.41) is 18.3. The average molecular weight is 347 g/mol. The predicted octanol–water partition coefficient (Wildman–Crippen LogP) is 2.66. The Balaban J connectivity index is 1.92. The molecule has 2 N–H and O–H groups in total. The van der Waals surface area contributed by atoms with Crippen LogP contribution in [-0.4, -0.2) is 29.0 Å². The molecule has 0 unspecified atom stereocenters. The van der Waals surface area contributed by atoms with Crippen molar-refractivity contribution in [3.05, 3.63) is 56.0 Å². The van der Waals surface area contributed by atoms with Crippen LogP contribution in [0.25, 0.3) is 0 Å². The summed E-state index contributed by atoms with van der Waals surface area (Å²) in [5.74, 6) is 0.692. The number of hydrogen-bond donors (Lipinski definition) is 2. The Labute approximate surface area is 145 Å². The third kappa shape index (κ3) is 5.62. The third-order valence-corrected chi connectivity index (χ3v) is 4.16. The molecular weight excluding hydrogens is 326 g/mol. The molecule has 128 valence electrons. The number of rotatable bonds is 7. The Morgan fingerprint density at radius 2 is 2.25 bits per heavy atom. The lowest BCUT2D eigenvalue weighted by Crippen LogP contribution is -2.38. The molecular formula is C16H21N5O2S. The van der Waals surface area contributed by atoms with Gasteiger partial charge in [-0.3, -0.25) is 10.1 Å². The molecule has 2 rings (SSSR count). The van der Waals surface area contributed by atoms with Gasteiger partial charge in [-0.2, -0.15) is 0 Å². The molecule has 24 heavy (non-hydrogen) atoms. The quantitative estimate of drug-likeness (QED) is 0.348. The summed E-state index contributed by atoms with van der Waals surface area (Å²) < 4.78 is 0. The van der Waals surface area contributed by atoms with Gasteiger partial charge in [0.15, 0.2) is 5.96 Å². The number of guanidine groups is 1. The van der Waals surface area contributed by atoms with Crippen LogP contribution in [0.5, 0.6) is 0 Å². The SMILES string of the molecule is CCNC(=NCc1cccc([N+](=O)[O-])c1)NCCc1ncc(C)s1. The molecule has 0 aliphatic rings. The standard InChI is InChI=1S/C16H21N5O2S/c1-3-17-16(18-8-7-15-19-10-12(2)24-15)20-11-13-5-4-6-14(9-13)21(22)23/h4-6,9-10H,3,7-8,11H2,1-2H3,(H2,17,18,20). The van der Waals surface area contributed by atoms with Gasteiger partial charge in [-0.1, -0.05) is 12.1 Å². The van der Waals surface area contributed by atoms with Gasteiger partial charge < -0.3 is 10.6 Å². The van der Waals surface area contributed by atoms with E-state index in [-0.39, 0.29) is 5.69 Å². The van der Waals surface area contributed by atoms with Gasteiger partial charge in [-0.05, 0) is 19.4 Å². The number of aromatic nitrogens is 1. The molecule has 0 saturated heterocycles. The number of non-ortho nitro benzene ring substituents is 1. The number of nitrogens with zero attached hydrogens (tertiary/aromatic N) is 3. The van der Waals surface area contributed by atoms with Crippen molar-refractivity contribution in [3.63, 3.8) is 0 Å². The minimum Gasteiger partial charge on any atom is -0.357 e. The fourth-order valence-corrected chi connectivity index (χ4v) is 2.87. The van der Waals surface area contributed by atoms with Gasteiger partial charge in [0.2, 0.25) is 0 Å². The molecule has 7 nitrogen and oxygen atoms in total. The fraction of sp³-hybridized carbons (Fsp3) is 0.375. The zero-order chi connectivity index (χ0) is 17.4. The molecule has 0 spiro atoms. The first kappa shape index (κ1) is 17.9. The highest BCUT2D eigenvalue weighted by Crippen LogP contribution is 2.13. The van der Waals surface area contributed by atoms with E-state index in [0.29, 0.717) is 12.5 Å². The van der Waals surface area contributed by atoms with E-state index in [0.717, 1.165) is 30.1 Å². The van der Waals surface area contributed by atoms with Crippen LogP contribution in [0.1, 0.15) is 22.4 Å². The van der Waals surface area contributed by atoms with Crippen molar-refractivity contribution in [2.24, 2.45) is 4.99 Å². The Morgan fingerprint density at radius 3 is 2.92 bits per heavy atom. The molecule has 0 radical (unpaired) electrons. The Morgan fingerprint density at radius 1 is 1.42 bits per heavy atom. The monoisotopic (exact) mass is 347 g/mol. The summed E-state index contributed by atoms with van der Waals surface area (Å²) in [7, 11) is 0. The number of benzene rings is 1. The second-order valence-electron chi connectivity index (χ2n) is 5.16. The van der Waals surface area contributed by atoms with Gasteiger partial charge in [0, 0.05) is 42.7 Å². The van der Waals surface area contributed by atoms with Gasteiger partial charge in [-0.15, -0.1) is 11.3 Å². The van der Waals surface area contributed by atoms with Crippen LogP contribution in [0.15, 0.2) is 35.5 Å². The van der Waals surface area contributed by atoms with Crippen molar-refractivity contribution >= 4 is 23.0 Å². The van der Waals surface area contributed by atoms with Gasteiger partial charge in [0.05, 0.1) is 16.5 Å². The van der Waals surface area contributed by atoms with E-state index >= 15 is 0 Å². The summed E-state index contributed by atoms with van der Waals surface area (Å²) in [5.41, 5.74) is 0.886.